The highest BCUT2D eigenvalue weighted by Gasteiger charge is 2.28. The lowest BCUT2D eigenvalue weighted by atomic mass is 10.2. The van der Waals surface area contributed by atoms with E-state index in [0.29, 0.717) is 12.6 Å². The van der Waals surface area contributed by atoms with Crippen LogP contribution < -0.4 is 5.32 Å². The molecule has 1 saturated heterocycles. The Kier molecular flexibility index (Phi) is 3.97. The van der Waals surface area contributed by atoms with Crippen LogP contribution in [0.3, 0.4) is 0 Å². The topological polar surface area (TPSA) is 41.6 Å². The molecule has 0 aromatic heterocycles. The summed E-state index contributed by atoms with van der Waals surface area (Å²) >= 11 is 0. The molecule has 0 aliphatic carbocycles. The molecule has 1 heterocycles. The summed E-state index contributed by atoms with van der Waals surface area (Å²) < 4.78 is 5.36. The molecule has 1 aliphatic heterocycles. The van der Waals surface area contributed by atoms with Crippen LogP contribution in [0.5, 0.6) is 0 Å². The van der Waals surface area contributed by atoms with Gasteiger partial charge in [0, 0.05) is 19.1 Å². The normalized spacial score (nSPS) is 21.5. The van der Waals surface area contributed by atoms with Crippen LogP contribution in [0.4, 0.5) is 4.79 Å². The fourth-order valence-electron chi connectivity index (χ4n) is 1.76. The van der Waals surface area contributed by atoms with Gasteiger partial charge in [0.15, 0.2) is 0 Å². The molecule has 1 rings (SSSR count). The Bertz CT molecular complexity index is 217. The molecule has 0 saturated carbocycles. The van der Waals surface area contributed by atoms with Gasteiger partial charge in [-0.3, -0.25) is 0 Å². The Labute approximate surface area is 92.0 Å². The van der Waals surface area contributed by atoms with E-state index in [9.17, 15) is 4.79 Å². The molecule has 1 unspecified atom stereocenters. The van der Waals surface area contributed by atoms with Crippen molar-refractivity contribution < 1.29 is 9.53 Å². The largest absolute Gasteiger partial charge is 0.444 e. The summed E-state index contributed by atoms with van der Waals surface area (Å²) in [5.41, 5.74) is -0.406. The van der Waals surface area contributed by atoms with Gasteiger partial charge in [0.05, 0.1) is 0 Å². The van der Waals surface area contributed by atoms with E-state index in [-0.39, 0.29) is 6.09 Å². The van der Waals surface area contributed by atoms with Gasteiger partial charge in [0.25, 0.3) is 0 Å². The Morgan fingerprint density at radius 1 is 1.53 bits per heavy atom. The summed E-state index contributed by atoms with van der Waals surface area (Å²) in [5.74, 6) is 0. The van der Waals surface area contributed by atoms with Crippen molar-refractivity contribution >= 4 is 6.09 Å². The van der Waals surface area contributed by atoms with E-state index in [1.54, 1.807) is 0 Å². The third-order valence-electron chi connectivity index (χ3n) is 2.44. The molecule has 15 heavy (non-hydrogen) atoms. The molecular formula is C11H22N2O2. The molecule has 1 fully saturated rings. The van der Waals surface area contributed by atoms with Gasteiger partial charge in [-0.1, -0.05) is 0 Å². The zero-order valence-electron chi connectivity index (χ0n) is 10.2. The van der Waals surface area contributed by atoms with Gasteiger partial charge >= 0.3 is 6.09 Å². The van der Waals surface area contributed by atoms with Crippen LogP contribution in [0, 0.1) is 0 Å². The molecule has 1 aliphatic rings. The standard InChI is InChI=1S/C11H22N2O2/c1-5-13(9-6-7-12-8-9)10(14)15-11(2,3)4/h9,12H,5-8H2,1-4H3. The van der Waals surface area contributed by atoms with Crippen molar-refractivity contribution in [3.8, 4) is 0 Å². The Hall–Kier alpha value is -0.770. The van der Waals surface area contributed by atoms with Gasteiger partial charge < -0.3 is 15.0 Å². The Balaban J connectivity index is 2.53. The maximum absolute atomic E-state index is 11.9. The molecule has 88 valence electrons. The summed E-state index contributed by atoms with van der Waals surface area (Å²) in [5, 5.41) is 3.26. The fourth-order valence-corrected chi connectivity index (χ4v) is 1.76. The summed E-state index contributed by atoms with van der Waals surface area (Å²) in [6, 6.07) is 0.296. The molecule has 4 nitrogen and oxygen atoms in total. The van der Waals surface area contributed by atoms with E-state index in [0.717, 1.165) is 19.5 Å². The van der Waals surface area contributed by atoms with Crippen molar-refractivity contribution in [2.45, 2.75) is 45.8 Å². The summed E-state index contributed by atoms with van der Waals surface area (Å²) in [6.07, 6.45) is 0.825. The molecule has 4 heteroatoms. The Morgan fingerprint density at radius 3 is 2.60 bits per heavy atom. The maximum Gasteiger partial charge on any atom is 0.410 e. The van der Waals surface area contributed by atoms with Crippen molar-refractivity contribution in [3.05, 3.63) is 0 Å². The second kappa shape index (κ2) is 4.84. The number of nitrogens with zero attached hydrogens (tertiary/aromatic N) is 1. The minimum Gasteiger partial charge on any atom is -0.444 e. The second-order valence-corrected chi connectivity index (χ2v) is 4.91. The van der Waals surface area contributed by atoms with Crippen molar-refractivity contribution in [1.82, 2.24) is 10.2 Å². The lowest BCUT2D eigenvalue weighted by molar-refractivity contribution is 0.0189. The Morgan fingerprint density at radius 2 is 2.20 bits per heavy atom. The van der Waals surface area contributed by atoms with Crippen LogP contribution in [0.2, 0.25) is 0 Å². The van der Waals surface area contributed by atoms with Crippen molar-refractivity contribution in [1.29, 1.82) is 0 Å². The number of likely N-dealkylation sites (N-methyl/N-ethyl adjacent to an activating group) is 1. The molecule has 0 aromatic rings. The smallest absolute Gasteiger partial charge is 0.410 e. The third-order valence-corrected chi connectivity index (χ3v) is 2.44. The zero-order valence-corrected chi connectivity index (χ0v) is 10.2. The number of hydrogen-bond acceptors (Lipinski definition) is 3. The molecule has 1 atom stereocenters. The van der Waals surface area contributed by atoms with Gasteiger partial charge in [0.2, 0.25) is 0 Å². The van der Waals surface area contributed by atoms with Crippen LogP contribution in [0.25, 0.3) is 0 Å². The molecular weight excluding hydrogens is 192 g/mol. The average Bonchev–Trinajstić information content (AvgIpc) is 2.54. The first-order chi connectivity index (χ1) is 6.94. The molecule has 0 spiro atoms. The number of rotatable bonds is 2. The van der Waals surface area contributed by atoms with E-state index in [1.807, 2.05) is 32.6 Å². The SMILES string of the molecule is CCN(C(=O)OC(C)(C)C)C1CCNC1. The minimum atomic E-state index is -0.406. The van der Waals surface area contributed by atoms with Crippen LogP contribution >= 0.6 is 0 Å². The summed E-state index contributed by atoms with van der Waals surface area (Å²) in [7, 11) is 0. The lowest BCUT2D eigenvalue weighted by Crippen LogP contribution is -2.44. The van der Waals surface area contributed by atoms with Crippen LogP contribution in [-0.4, -0.2) is 42.3 Å². The highest BCUT2D eigenvalue weighted by molar-refractivity contribution is 5.68. The highest BCUT2D eigenvalue weighted by Crippen LogP contribution is 2.14. The van der Waals surface area contributed by atoms with E-state index in [2.05, 4.69) is 5.32 Å². The first-order valence-corrected chi connectivity index (χ1v) is 5.64. The van der Waals surface area contributed by atoms with Crippen molar-refractivity contribution in [3.63, 3.8) is 0 Å². The molecule has 0 bridgehead atoms. The van der Waals surface area contributed by atoms with Gasteiger partial charge in [-0.25, -0.2) is 4.79 Å². The van der Waals surface area contributed by atoms with E-state index >= 15 is 0 Å². The molecule has 0 radical (unpaired) electrons. The number of hydrogen-bond donors (Lipinski definition) is 1. The third kappa shape index (κ3) is 3.70. The molecule has 1 amide bonds. The highest BCUT2D eigenvalue weighted by atomic mass is 16.6. The predicted molar refractivity (Wildman–Crippen MR) is 59.9 cm³/mol. The number of amides is 1. The van der Waals surface area contributed by atoms with Crippen LogP contribution in [-0.2, 0) is 4.74 Å². The average molecular weight is 214 g/mol. The first-order valence-electron chi connectivity index (χ1n) is 5.64. The second-order valence-electron chi connectivity index (χ2n) is 4.91. The fraction of sp³-hybridized carbons (Fsp3) is 0.909. The van der Waals surface area contributed by atoms with Gasteiger partial charge in [-0.15, -0.1) is 0 Å². The van der Waals surface area contributed by atoms with E-state index < -0.39 is 5.60 Å². The van der Waals surface area contributed by atoms with E-state index in [4.69, 9.17) is 4.74 Å². The summed E-state index contributed by atoms with van der Waals surface area (Å²) in [6.45, 7) is 10.3. The van der Waals surface area contributed by atoms with E-state index in [1.165, 1.54) is 0 Å². The summed E-state index contributed by atoms with van der Waals surface area (Å²) in [4.78, 5) is 13.7. The van der Waals surface area contributed by atoms with Gasteiger partial charge in [-0.05, 0) is 40.7 Å². The first kappa shape index (κ1) is 12.3. The molecule has 1 N–H and O–H groups in total. The van der Waals surface area contributed by atoms with Crippen LogP contribution in [0.1, 0.15) is 34.1 Å². The maximum atomic E-state index is 11.9. The number of nitrogens with one attached hydrogen (secondary N) is 1. The molecule has 0 aromatic carbocycles. The number of carbonyl (C=O) groups is 1. The quantitative estimate of drug-likeness (QED) is 0.759. The van der Waals surface area contributed by atoms with Crippen molar-refractivity contribution in [2.24, 2.45) is 0 Å². The lowest BCUT2D eigenvalue weighted by Gasteiger charge is -2.30. The van der Waals surface area contributed by atoms with Gasteiger partial charge in [-0.2, -0.15) is 0 Å². The predicted octanol–water partition coefficient (Wildman–Crippen LogP) is 1.61. The number of carbonyl (C=O) groups excluding carboxylic acids is 1. The zero-order chi connectivity index (χ0) is 11.5. The van der Waals surface area contributed by atoms with Crippen LogP contribution in [0.15, 0.2) is 0 Å². The van der Waals surface area contributed by atoms with Crippen molar-refractivity contribution in [2.75, 3.05) is 19.6 Å². The monoisotopic (exact) mass is 214 g/mol. The van der Waals surface area contributed by atoms with Gasteiger partial charge in [0.1, 0.15) is 5.60 Å². The number of ether oxygens (including phenoxy) is 1. The minimum absolute atomic E-state index is 0.196.